The van der Waals surface area contributed by atoms with Crippen molar-refractivity contribution >= 4 is 29.0 Å². The molecule has 5 heteroatoms. The van der Waals surface area contributed by atoms with Crippen molar-refractivity contribution in [1.29, 1.82) is 0 Å². The van der Waals surface area contributed by atoms with Crippen LogP contribution in [-0.4, -0.2) is 44.0 Å². The van der Waals surface area contributed by atoms with Crippen LogP contribution in [0.15, 0.2) is 18.2 Å². The summed E-state index contributed by atoms with van der Waals surface area (Å²) in [6, 6.07) is 5.60. The monoisotopic (exact) mass is 357 g/mol. The summed E-state index contributed by atoms with van der Waals surface area (Å²) in [6.07, 6.45) is 1.36. The number of carbonyl (C=O) groups excluding carboxylic acids is 1. The second-order valence-corrected chi connectivity index (χ2v) is 7.93. The molecule has 1 aliphatic heterocycles. The Morgan fingerprint density at radius 3 is 2.70 bits per heavy atom. The van der Waals surface area contributed by atoms with Gasteiger partial charge in [0.25, 0.3) is 0 Å². The van der Waals surface area contributed by atoms with Crippen molar-refractivity contribution < 1.29 is 9.53 Å². The van der Waals surface area contributed by atoms with Gasteiger partial charge in [-0.3, -0.25) is 4.79 Å². The molecule has 2 unspecified atom stereocenters. The third kappa shape index (κ3) is 4.48. The van der Waals surface area contributed by atoms with Gasteiger partial charge in [0.1, 0.15) is 5.78 Å². The van der Waals surface area contributed by atoms with E-state index in [9.17, 15) is 4.79 Å². The topological polar surface area (TPSA) is 29.5 Å². The van der Waals surface area contributed by atoms with Crippen LogP contribution in [0.25, 0.3) is 0 Å². The van der Waals surface area contributed by atoms with Gasteiger partial charge < -0.3 is 9.64 Å². The third-order valence-electron chi connectivity index (χ3n) is 4.68. The average molecular weight is 358 g/mol. The Labute approximate surface area is 148 Å². The highest BCUT2D eigenvalue weighted by Gasteiger charge is 2.34. The number of hydrogen-bond acceptors (Lipinski definition) is 3. The molecule has 0 aliphatic carbocycles. The largest absolute Gasteiger partial charge is 0.380 e. The Balaban J connectivity index is 2.13. The van der Waals surface area contributed by atoms with Gasteiger partial charge in [-0.1, -0.05) is 49.2 Å². The smallest absolute Gasteiger partial charge is 0.138 e. The SMILES string of the molecule is COC1CC(C(=O)CC(C)(C)c2cccc(Cl)c2Cl)CN(C)C1. The molecule has 1 saturated heterocycles. The Morgan fingerprint density at radius 1 is 1.35 bits per heavy atom. The maximum Gasteiger partial charge on any atom is 0.138 e. The lowest BCUT2D eigenvalue weighted by molar-refractivity contribution is -0.127. The second kappa shape index (κ2) is 7.52. The van der Waals surface area contributed by atoms with Gasteiger partial charge >= 0.3 is 0 Å². The molecule has 0 aromatic heterocycles. The number of halogens is 2. The van der Waals surface area contributed by atoms with Crippen molar-refractivity contribution in [2.75, 3.05) is 27.2 Å². The average Bonchev–Trinajstić information content (AvgIpc) is 2.48. The molecule has 0 N–H and O–H groups in total. The fourth-order valence-electron chi connectivity index (χ4n) is 3.37. The predicted molar refractivity (Wildman–Crippen MR) is 95.5 cm³/mol. The fourth-order valence-corrected chi connectivity index (χ4v) is 3.93. The number of methoxy groups -OCH3 is 1. The molecule has 1 aromatic carbocycles. The summed E-state index contributed by atoms with van der Waals surface area (Å²) in [5.74, 6) is 0.274. The van der Waals surface area contributed by atoms with E-state index in [1.807, 2.05) is 33.0 Å². The minimum Gasteiger partial charge on any atom is -0.380 e. The van der Waals surface area contributed by atoms with Crippen LogP contribution in [0, 0.1) is 5.92 Å². The number of ether oxygens (including phenoxy) is 1. The number of hydrogen-bond donors (Lipinski definition) is 0. The molecule has 2 rings (SSSR count). The van der Waals surface area contributed by atoms with Crippen molar-refractivity contribution in [3.63, 3.8) is 0 Å². The highest BCUT2D eigenvalue weighted by molar-refractivity contribution is 6.42. The molecule has 0 bridgehead atoms. The Morgan fingerprint density at radius 2 is 2.04 bits per heavy atom. The number of Topliss-reactive ketones (excluding diaryl/α,β-unsaturated/α-hetero) is 1. The molecule has 1 aromatic rings. The first-order valence-corrected chi connectivity index (χ1v) is 8.68. The lowest BCUT2D eigenvalue weighted by Gasteiger charge is -2.36. The molecule has 1 aliphatic rings. The van der Waals surface area contributed by atoms with Gasteiger partial charge in [-0.05, 0) is 30.5 Å². The van der Waals surface area contributed by atoms with Gasteiger partial charge in [-0.2, -0.15) is 0 Å². The highest BCUT2D eigenvalue weighted by atomic mass is 35.5. The Hall–Kier alpha value is -0.610. The quantitative estimate of drug-likeness (QED) is 0.790. The first-order chi connectivity index (χ1) is 10.7. The van der Waals surface area contributed by atoms with E-state index in [0.717, 1.165) is 25.1 Å². The molecule has 128 valence electrons. The zero-order valence-corrected chi connectivity index (χ0v) is 15.7. The highest BCUT2D eigenvalue weighted by Crippen LogP contribution is 2.37. The van der Waals surface area contributed by atoms with Crippen LogP contribution in [0.2, 0.25) is 10.0 Å². The van der Waals surface area contributed by atoms with Gasteiger partial charge in [-0.15, -0.1) is 0 Å². The number of benzene rings is 1. The molecule has 0 amide bonds. The van der Waals surface area contributed by atoms with Gasteiger partial charge in [0.2, 0.25) is 0 Å². The number of likely N-dealkylation sites (tertiary alicyclic amines) is 1. The van der Waals surface area contributed by atoms with Gasteiger partial charge in [-0.25, -0.2) is 0 Å². The van der Waals surface area contributed by atoms with Crippen LogP contribution in [0.1, 0.15) is 32.3 Å². The fraction of sp³-hybridized carbons (Fsp3) is 0.611. The van der Waals surface area contributed by atoms with Crippen molar-refractivity contribution in [3.05, 3.63) is 33.8 Å². The van der Waals surface area contributed by atoms with Gasteiger partial charge in [0.05, 0.1) is 16.1 Å². The molecule has 1 heterocycles. The van der Waals surface area contributed by atoms with Crippen LogP contribution in [0.4, 0.5) is 0 Å². The van der Waals surface area contributed by atoms with E-state index in [0.29, 0.717) is 16.5 Å². The minimum absolute atomic E-state index is 0.0101. The third-order valence-corrected chi connectivity index (χ3v) is 5.50. The summed E-state index contributed by atoms with van der Waals surface area (Å²) >= 11 is 12.5. The number of carbonyl (C=O) groups is 1. The van der Waals surface area contributed by atoms with E-state index in [-0.39, 0.29) is 23.2 Å². The summed E-state index contributed by atoms with van der Waals surface area (Å²) < 4.78 is 5.46. The Kier molecular flexibility index (Phi) is 6.12. The zero-order chi connectivity index (χ0) is 17.2. The molecule has 2 atom stereocenters. The normalized spacial score (nSPS) is 23.0. The summed E-state index contributed by atoms with van der Waals surface area (Å²) in [5, 5.41) is 1.07. The predicted octanol–water partition coefficient (Wildman–Crippen LogP) is 4.20. The summed E-state index contributed by atoms with van der Waals surface area (Å²) in [6.45, 7) is 5.76. The zero-order valence-electron chi connectivity index (χ0n) is 14.2. The van der Waals surface area contributed by atoms with Crippen LogP contribution < -0.4 is 0 Å². The molecule has 3 nitrogen and oxygen atoms in total. The number of rotatable bonds is 5. The summed E-state index contributed by atoms with van der Waals surface area (Å²) in [5.41, 5.74) is 0.574. The molecule has 1 fully saturated rings. The van der Waals surface area contributed by atoms with Crippen molar-refractivity contribution in [3.8, 4) is 0 Å². The molecule has 0 radical (unpaired) electrons. The van der Waals surface area contributed by atoms with Crippen LogP contribution in [-0.2, 0) is 14.9 Å². The first kappa shape index (κ1) is 18.7. The number of likely N-dealkylation sites (N-methyl/N-ethyl adjacent to an activating group) is 1. The number of ketones is 1. The molecular weight excluding hydrogens is 333 g/mol. The first-order valence-electron chi connectivity index (χ1n) is 7.93. The second-order valence-electron chi connectivity index (χ2n) is 7.14. The van der Waals surface area contributed by atoms with Gasteiger partial charge in [0.15, 0.2) is 0 Å². The maximum absolute atomic E-state index is 12.8. The molecule has 0 spiro atoms. The standard InChI is InChI=1S/C18H25Cl2NO2/c1-18(2,14-6-5-7-15(19)17(14)20)9-16(22)12-8-13(23-4)11-21(3)10-12/h5-7,12-13H,8-11H2,1-4H3. The van der Waals surface area contributed by atoms with Crippen molar-refractivity contribution in [1.82, 2.24) is 4.90 Å². The van der Waals surface area contributed by atoms with E-state index in [1.165, 1.54) is 0 Å². The number of piperidine rings is 1. The molecule has 0 saturated carbocycles. The molecule has 23 heavy (non-hydrogen) atoms. The van der Waals surface area contributed by atoms with E-state index in [2.05, 4.69) is 4.90 Å². The van der Waals surface area contributed by atoms with E-state index in [1.54, 1.807) is 13.2 Å². The molecular formula is C18H25Cl2NO2. The lowest BCUT2D eigenvalue weighted by atomic mass is 9.76. The van der Waals surface area contributed by atoms with Crippen LogP contribution in [0.5, 0.6) is 0 Å². The van der Waals surface area contributed by atoms with E-state index in [4.69, 9.17) is 27.9 Å². The van der Waals surface area contributed by atoms with Gasteiger partial charge in [0, 0.05) is 32.5 Å². The van der Waals surface area contributed by atoms with Crippen LogP contribution in [0.3, 0.4) is 0 Å². The Bertz CT molecular complexity index is 574. The maximum atomic E-state index is 12.8. The van der Waals surface area contributed by atoms with Crippen LogP contribution >= 0.6 is 23.2 Å². The minimum atomic E-state index is -0.350. The number of nitrogens with zero attached hydrogens (tertiary/aromatic N) is 1. The van der Waals surface area contributed by atoms with E-state index >= 15 is 0 Å². The van der Waals surface area contributed by atoms with E-state index < -0.39 is 0 Å². The summed E-state index contributed by atoms with van der Waals surface area (Å²) in [7, 11) is 3.74. The van der Waals surface area contributed by atoms with Crippen molar-refractivity contribution in [2.24, 2.45) is 5.92 Å². The van der Waals surface area contributed by atoms with Crippen molar-refractivity contribution in [2.45, 2.75) is 38.2 Å². The lowest BCUT2D eigenvalue weighted by Crippen LogP contribution is -2.45. The summed E-state index contributed by atoms with van der Waals surface area (Å²) in [4.78, 5) is 15.0.